The summed E-state index contributed by atoms with van der Waals surface area (Å²) in [5, 5.41) is 9.81. The number of rotatable bonds is 4. The van der Waals surface area contributed by atoms with E-state index >= 15 is 0 Å². The number of H-pyrrole nitrogens is 1. The number of hydrogen-bond donors (Lipinski definition) is 1. The van der Waals surface area contributed by atoms with Crippen LogP contribution in [0.1, 0.15) is 33.6 Å². The van der Waals surface area contributed by atoms with Crippen LogP contribution in [-0.2, 0) is 4.74 Å². The van der Waals surface area contributed by atoms with Crippen LogP contribution in [0.2, 0.25) is 0 Å². The highest BCUT2D eigenvalue weighted by molar-refractivity contribution is 6.04. The molecule has 5 aromatic rings. The smallest absolute Gasteiger partial charge is 0.410 e. The van der Waals surface area contributed by atoms with Crippen molar-refractivity contribution in [3.8, 4) is 28.3 Å². The van der Waals surface area contributed by atoms with Gasteiger partial charge >= 0.3 is 6.09 Å². The number of benzene rings is 3. The maximum atomic E-state index is 13.2. The third-order valence-corrected chi connectivity index (χ3v) is 8.11. The summed E-state index contributed by atoms with van der Waals surface area (Å²) in [4.78, 5) is 20.9. The first-order valence-corrected chi connectivity index (χ1v) is 14.3. The van der Waals surface area contributed by atoms with Crippen LogP contribution in [0.5, 0.6) is 0 Å². The molecule has 0 unspecified atom stereocenters. The summed E-state index contributed by atoms with van der Waals surface area (Å²) in [5.74, 6) is 0.711. The van der Waals surface area contributed by atoms with Gasteiger partial charge in [-0.3, -0.25) is 4.90 Å². The van der Waals surface area contributed by atoms with Crippen molar-refractivity contribution in [2.45, 2.75) is 51.3 Å². The van der Waals surface area contributed by atoms with Crippen molar-refractivity contribution >= 4 is 22.7 Å². The first-order valence-electron chi connectivity index (χ1n) is 14.3. The van der Waals surface area contributed by atoms with Crippen molar-refractivity contribution in [3.63, 3.8) is 0 Å². The van der Waals surface area contributed by atoms with Gasteiger partial charge in [-0.2, -0.15) is 0 Å². The van der Waals surface area contributed by atoms with Crippen LogP contribution in [0, 0.1) is 0 Å². The quantitative estimate of drug-likeness (QED) is 0.272. The normalized spacial score (nSPS) is 18.7. The van der Waals surface area contributed by atoms with Gasteiger partial charge in [-0.1, -0.05) is 60.7 Å². The Morgan fingerprint density at radius 2 is 1.59 bits per heavy atom. The van der Waals surface area contributed by atoms with Gasteiger partial charge in [0, 0.05) is 24.2 Å². The van der Waals surface area contributed by atoms with Gasteiger partial charge < -0.3 is 19.2 Å². The van der Waals surface area contributed by atoms with Gasteiger partial charge in [0.1, 0.15) is 17.6 Å². The highest BCUT2D eigenvalue weighted by atomic mass is 16.6. The van der Waals surface area contributed by atoms with E-state index in [1.54, 1.807) is 6.33 Å². The third kappa shape index (κ3) is 4.53. The van der Waals surface area contributed by atoms with E-state index < -0.39 is 5.60 Å². The Bertz CT molecular complexity index is 1670. The Kier molecular flexibility index (Phi) is 6.07. The van der Waals surface area contributed by atoms with Crippen LogP contribution < -0.4 is 4.90 Å². The molecular weight excluding hydrogens is 512 g/mol. The zero-order chi connectivity index (χ0) is 28.1. The van der Waals surface area contributed by atoms with Crippen LogP contribution in [0.15, 0.2) is 85.2 Å². The molecule has 2 aliphatic heterocycles. The van der Waals surface area contributed by atoms with E-state index in [0.29, 0.717) is 5.82 Å². The molecule has 8 heteroatoms. The molecule has 0 saturated carbocycles. The second-order valence-electron chi connectivity index (χ2n) is 12.0. The van der Waals surface area contributed by atoms with E-state index in [1.165, 1.54) is 5.56 Å². The molecule has 0 aliphatic carbocycles. The Balaban J connectivity index is 1.40. The number of hydrogen-bond acceptors (Lipinski definition) is 5. The number of aromatic nitrogens is 4. The molecule has 1 N–H and O–H groups in total. The van der Waals surface area contributed by atoms with Gasteiger partial charge in [-0.15, -0.1) is 10.2 Å². The molecule has 0 radical (unpaired) electrons. The number of aromatic amines is 1. The van der Waals surface area contributed by atoms with Crippen LogP contribution in [0.4, 0.5) is 10.5 Å². The molecule has 2 aromatic heterocycles. The van der Waals surface area contributed by atoms with E-state index in [0.717, 1.165) is 59.5 Å². The lowest BCUT2D eigenvalue weighted by Gasteiger charge is -2.42. The number of anilines is 1. The van der Waals surface area contributed by atoms with E-state index in [2.05, 4.69) is 91.4 Å². The number of ether oxygens (including phenoxy) is 1. The summed E-state index contributed by atoms with van der Waals surface area (Å²) in [6.45, 7) is 7.23. The van der Waals surface area contributed by atoms with Gasteiger partial charge in [0.2, 0.25) is 0 Å². The van der Waals surface area contributed by atoms with Crippen LogP contribution in [0.25, 0.3) is 39.2 Å². The summed E-state index contributed by atoms with van der Waals surface area (Å²) in [6.07, 6.45) is 3.35. The van der Waals surface area contributed by atoms with Crippen molar-refractivity contribution in [2.24, 2.45) is 0 Å². The summed E-state index contributed by atoms with van der Waals surface area (Å²) < 4.78 is 8.10. The average Bonchev–Trinajstić information content (AvgIpc) is 3.68. The molecular formula is C33H34N6O2. The first kappa shape index (κ1) is 25.4. The van der Waals surface area contributed by atoms with Crippen molar-refractivity contribution in [1.82, 2.24) is 24.6 Å². The lowest BCUT2D eigenvalue weighted by Crippen LogP contribution is -2.56. The Hall–Kier alpha value is -4.59. The van der Waals surface area contributed by atoms with Crippen molar-refractivity contribution in [1.29, 1.82) is 0 Å². The highest BCUT2D eigenvalue weighted by Crippen LogP contribution is 2.45. The zero-order valence-electron chi connectivity index (χ0n) is 23.6. The fraction of sp³-hybridized carbons (Fsp3) is 0.303. The number of carbonyl (C=O) groups is 1. The molecule has 0 spiro atoms. The Morgan fingerprint density at radius 3 is 2.22 bits per heavy atom. The molecule has 2 atom stereocenters. The first-order chi connectivity index (χ1) is 19.9. The molecule has 7 rings (SSSR count). The Labute approximate surface area is 239 Å². The van der Waals surface area contributed by atoms with E-state index in [4.69, 9.17) is 4.74 Å². The van der Waals surface area contributed by atoms with Gasteiger partial charge in [-0.25, -0.2) is 4.79 Å². The summed E-state index contributed by atoms with van der Waals surface area (Å²) >= 11 is 0. The number of fused-ring (bicyclic) bond motifs is 3. The maximum absolute atomic E-state index is 13.2. The van der Waals surface area contributed by atoms with Crippen LogP contribution >= 0.6 is 0 Å². The van der Waals surface area contributed by atoms with Crippen molar-refractivity contribution in [3.05, 3.63) is 85.2 Å². The molecule has 2 aliphatic rings. The summed E-state index contributed by atoms with van der Waals surface area (Å²) in [6, 6.07) is 27.8. The second kappa shape index (κ2) is 9.80. The lowest BCUT2D eigenvalue weighted by molar-refractivity contribution is 0.0123. The highest BCUT2D eigenvalue weighted by Gasteiger charge is 2.45. The average molecular weight is 547 g/mol. The Morgan fingerprint density at radius 1 is 0.902 bits per heavy atom. The fourth-order valence-corrected chi connectivity index (χ4v) is 6.48. The van der Waals surface area contributed by atoms with Crippen molar-refractivity contribution < 1.29 is 9.53 Å². The second-order valence-corrected chi connectivity index (χ2v) is 12.0. The standard InChI is InChI=1S/C33H34N6O2/c1-33(2,3)41-32(40)38-25-15-16-26(38)20-37(19-25)29-27-17-14-23(22-10-6-4-7-11-22)18-28(27)39(24-12-8-5-9-13-24)30(29)31-34-21-35-36-31/h4-14,17-18,21,25-26H,15-16,19-20H2,1-3H3,(H,34,35,36)/t25-,26+. The number of nitrogens with zero attached hydrogens (tertiary/aromatic N) is 5. The predicted octanol–water partition coefficient (Wildman–Crippen LogP) is 6.67. The van der Waals surface area contributed by atoms with Gasteiger partial charge in [0.25, 0.3) is 0 Å². The molecule has 8 nitrogen and oxygen atoms in total. The zero-order valence-corrected chi connectivity index (χ0v) is 23.6. The van der Waals surface area contributed by atoms with E-state index in [-0.39, 0.29) is 18.2 Å². The fourth-order valence-electron chi connectivity index (χ4n) is 6.48. The number of piperazine rings is 1. The predicted molar refractivity (Wildman–Crippen MR) is 161 cm³/mol. The minimum absolute atomic E-state index is 0.0879. The molecule has 3 aromatic carbocycles. The van der Waals surface area contributed by atoms with Gasteiger partial charge in [0.05, 0.1) is 23.3 Å². The van der Waals surface area contributed by atoms with Crippen LogP contribution in [0.3, 0.4) is 0 Å². The van der Waals surface area contributed by atoms with Crippen LogP contribution in [-0.4, -0.2) is 61.5 Å². The third-order valence-electron chi connectivity index (χ3n) is 8.11. The minimum Gasteiger partial charge on any atom is -0.444 e. The van der Waals surface area contributed by atoms with E-state index in [9.17, 15) is 4.79 Å². The number of amides is 1. The SMILES string of the molecule is CC(C)(C)OC(=O)N1[C@@H]2CC[C@H]1CN(c1c(-c3nnc[nH]3)n(-c3ccccc3)c3cc(-c4ccccc4)ccc13)C2. The monoisotopic (exact) mass is 546 g/mol. The number of nitrogens with one attached hydrogen (secondary N) is 1. The summed E-state index contributed by atoms with van der Waals surface area (Å²) in [5.41, 5.74) is 6.03. The lowest BCUT2D eigenvalue weighted by atomic mass is 10.0. The molecule has 208 valence electrons. The number of carbonyl (C=O) groups excluding carboxylic acids is 1. The molecule has 2 fully saturated rings. The molecule has 41 heavy (non-hydrogen) atoms. The minimum atomic E-state index is -0.521. The van der Waals surface area contributed by atoms with E-state index in [1.807, 2.05) is 37.8 Å². The summed E-state index contributed by atoms with van der Waals surface area (Å²) in [7, 11) is 0. The number of para-hydroxylation sites is 1. The largest absolute Gasteiger partial charge is 0.444 e. The molecule has 2 saturated heterocycles. The van der Waals surface area contributed by atoms with Crippen molar-refractivity contribution in [2.75, 3.05) is 18.0 Å². The molecule has 4 heterocycles. The maximum Gasteiger partial charge on any atom is 0.410 e. The molecule has 2 bridgehead atoms. The topological polar surface area (TPSA) is 79.3 Å². The molecule has 1 amide bonds. The van der Waals surface area contributed by atoms with Gasteiger partial charge in [0.15, 0.2) is 5.82 Å². The van der Waals surface area contributed by atoms with Gasteiger partial charge in [-0.05, 0) is 62.9 Å².